The quantitative estimate of drug-likeness (QED) is 0.782. The maximum Gasteiger partial charge on any atom is 0.121 e. The number of rotatable bonds is 2. The van der Waals surface area contributed by atoms with Gasteiger partial charge in [-0.3, -0.25) is 0 Å². The summed E-state index contributed by atoms with van der Waals surface area (Å²) < 4.78 is 0. The minimum atomic E-state index is -0.0882. The summed E-state index contributed by atoms with van der Waals surface area (Å²) in [7, 11) is 0. The summed E-state index contributed by atoms with van der Waals surface area (Å²) >= 11 is 0. The van der Waals surface area contributed by atoms with Gasteiger partial charge in [-0.2, -0.15) is 0 Å². The summed E-state index contributed by atoms with van der Waals surface area (Å²) in [5.74, 6) is 0.266. The van der Waals surface area contributed by atoms with E-state index in [0.29, 0.717) is 0 Å². The molecule has 2 aromatic carbocycles. The van der Waals surface area contributed by atoms with Gasteiger partial charge in [0.05, 0.1) is 6.04 Å². The average Bonchev–Trinajstić information content (AvgIpc) is 2.46. The minimum absolute atomic E-state index is 0.0606. The van der Waals surface area contributed by atoms with E-state index in [2.05, 4.69) is 11.4 Å². The molecule has 1 aliphatic heterocycles. The highest BCUT2D eigenvalue weighted by atomic mass is 16.3. The number of phenols is 1. The molecule has 0 aromatic heterocycles. The lowest BCUT2D eigenvalue weighted by molar-refractivity contribution is 0.460. The Kier molecular flexibility index (Phi) is 3.20. The molecule has 2 aromatic rings. The van der Waals surface area contributed by atoms with Crippen LogP contribution >= 0.6 is 0 Å². The summed E-state index contributed by atoms with van der Waals surface area (Å²) in [5.41, 5.74) is 9.78. The largest absolute Gasteiger partial charge is 0.508 e. The predicted octanol–water partition coefficient (Wildman–Crippen LogP) is 2.88. The highest BCUT2D eigenvalue weighted by Crippen LogP contribution is 2.34. The monoisotopic (exact) mass is 265 g/mol. The summed E-state index contributed by atoms with van der Waals surface area (Å²) in [4.78, 5) is 0. The van der Waals surface area contributed by atoms with Crippen LogP contribution in [-0.2, 0) is 0 Å². The molecular formula is C17H17N2O. The van der Waals surface area contributed by atoms with Crippen molar-refractivity contribution in [2.45, 2.75) is 19.0 Å². The van der Waals surface area contributed by atoms with E-state index in [1.165, 1.54) is 0 Å². The van der Waals surface area contributed by atoms with Crippen LogP contribution in [0.4, 0.5) is 0 Å². The molecule has 0 aliphatic carbocycles. The van der Waals surface area contributed by atoms with Gasteiger partial charge in [0.25, 0.3) is 0 Å². The molecule has 2 atom stereocenters. The van der Waals surface area contributed by atoms with Crippen molar-refractivity contribution in [2.24, 2.45) is 5.73 Å². The van der Waals surface area contributed by atoms with Crippen LogP contribution < -0.4 is 11.1 Å². The van der Waals surface area contributed by atoms with Gasteiger partial charge in [-0.05, 0) is 48.0 Å². The van der Waals surface area contributed by atoms with Crippen LogP contribution in [-0.4, -0.2) is 5.11 Å². The Labute approximate surface area is 118 Å². The Morgan fingerprint density at radius 3 is 2.90 bits per heavy atom. The molecule has 0 spiro atoms. The Morgan fingerprint density at radius 1 is 1.30 bits per heavy atom. The van der Waals surface area contributed by atoms with Crippen molar-refractivity contribution >= 4 is 6.08 Å². The molecule has 101 valence electrons. The third kappa shape index (κ3) is 2.17. The lowest BCUT2D eigenvalue weighted by Crippen LogP contribution is -2.21. The molecule has 3 nitrogen and oxygen atoms in total. The first kappa shape index (κ1) is 12.8. The molecule has 1 aliphatic rings. The molecule has 0 amide bonds. The molecule has 1 heterocycles. The van der Waals surface area contributed by atoms with E-state index in [9.17, 15) is 5.11 Å². The van der Waals surface area contributed by atoms with Gasteiger partial charge in [0, 0.05) is 11.6 Å². The van der Waals surface area contributed by atoms with Gasteiger partial charge in [0.2, 0.25) is 0 Å². The molecule has 0 bridgehead atoms. The van der Waals surface area contributed by atoms with Crippen molar-refractivity contribution in [3.05, 3.63) is 70.9 Å². The Balaban J connectivity index is 2.04. The van der Waals surface area contributed by atoms with Gasteiger partial charge in [0.1, 0.15) is 5.75 Å². The number of benzene rings is 2. The van der Waals surface area contributed by atoms with E-state index in [1.54, 1.807) is 6.07 Å². The zero-order valence-electron chi connectivity index (χ0n) is 11.3. The van der Waals surface area contributed by atoms with Crippen LogP contribution in [0.15, 0.2) is 42.6 Å². The standard InChI is InChI=1S/C17H17N2O/c1-11(18)13-6-7-15(16(20)10-13)17-14-5-3-2-4-12(14)8-9-19-17/h2-3,5-11,17,19-20H,18H2,1H3. The van der Waals surface area contributed by atoms with Gasteiger partial charge in [-0.15, -0.1) is 0 Å². The zero-order chi connectivity index (χ0) is 14.1. The molecule has 20 heavy (non-hydrogen) atoms. The van der Waals surface area contributed by atoms with Crippen molar-refractivity contribution in [1.29, 1.82) is 0 Å². The topological polar surface area (TPSA) is 58.3 Å². The molecule has 2 unspecified atom stereocenters. The van der Waals surface area contributed by atoms with E-state index in [4.69, 9.17) is 5.73 Å². The highest BCUT2D eigenvalue weighted by molar-refractivity contribution is 5.59. The number of nitrogens with two attached hydrogens (primary N) is 1. The van der Waals surface area contributed by atoms with E-state index in [1.807, 2.05) is 49.5 Å². The molecule has 0 saturated heterocycles. The fraction of sp³-hybridized carbons (Fsp3) is 0.176. The highest BCUT2D eigenvalue weighted by Gasteiger charge is 2.21. The van der Waals surface area contributed by atoms with Crippen LogP contribution in [0.2, 0.25) is 0 Å². The summed E-state index contributed by atoms with van der Waals surface area (Å²) in [6.07, 6.45) is 3.88. The number of aromatic hydroxyl groups is 1. The second-order valence-corrected chi connectivity index (χ2v) is 5.08. The predicted molar refractivity (Wildman–Crippen MR) is 80.0 cm³/mol. The maximum atomic E-state index is 10.3. The maximum absolute atomic E-state index is 10.3. The second-order valence-electron chi connectivity index (χ2n) is 5.08. The molecular weight excluding hydrogens is 248 g/mol. The van der Waals surface area contributed by atoms with E-state index < -0.39 is 0 Å². The average molecular weight is 265 g/mol. The van der Waals surface area contributed by atoms with E-state index in [0.717, 1.165) is 22.3 Å². The Morgan fingerprint density at radius 2 is 2.15 bits per heavy atom. The van der Waals surface area contributed by atoms with Gasteiger partial charge in [-0.1, -0.05) is 30.3 Å². The van der Waals surface area contributed by atoms with Crippen molar-refractivity contribution in [3.63, 3.8) is 0 Å². The normalized spacial score (nSPS) is 18.2. The number of hydrogen-bond donors (Lipinski definition) is 3. The lowest BCUT2D eigenvalue weighted by atomic mass is 9.91. The zero-order valence-corrected chi connectivity index (χ0v) is 11.3. The third-order valence-electron chi connectivity index (χ3n) is 3.64. The van der Waals surface area contributed by atoms with Crippen LogP contribution in [0, 0.1) is 6.07 Å². The summed E-state index contributed by atoms with van der Waals surface area (Å²) in [6, 6.07) is 14.6. The van der Waals surface area contributed by atoms with Crippen LogP contribution in [0.3, 0.4) is 0 Å². The fourth-order valence-corrected chi connectivity index (χ4v) is 2.52. The molecule has 3 rings (SSSR count). The molecule has 3 heteroatoms. The molecule has 0 fully saturated rings. The molecule has 4 N–H and O–H groups in total. The third-order valence-corrected chi connectivity index (χ3v) is 3.64. The van der Waals surface area contributed by atoms with E-state index in [-0.39, 0.29) is 17.8 Å². The van der Waals surface area contributed by atoms with Crippen molar-refractivity contribution < 1.29 is 5.11 Å². The first-order chi connectivity index (χ1) is 9.66. The smallest absolute Gasteiger partial charge is 0.121 e. The minimum Gasteiger partial charge on any atom is -0.508 e. The molecule has 1 radical (unpaired) electrons. The van der Waals surface area contributed by atoms with Gasteiger partial charge < -0.3 is 16.2 Å². The number of fused-ring (bicyclic) bond motifs is 1. The van der Waals surface area contributed by atoms with Gasteiger partial charge in [-0.25, -0.2) is 0 Å². The molecule has 0 saturated carbocycles. The summed E-state index contributed by atoms with van der Waals surface area (Å²) in [5, 5.41) is 13.6. The first-order valence-electron chi connectivity index (χ1n) is 6.68. The van der Waals surface area contributed by atoms with Crippen LogP contribution in [0.25, 0.3) is 6.08 Å². The second kappa shape index (κ2) is 5.02. The lowest BCUT2D eigenvalue weighted by Gasteiger charge is -2.25. The Bertz CT molecular complexity index is 662. The van der Waals surface area contributed by atoms with Crippen molar-refractivity contribution in [1.82, 2.24) is 5.32 Å². The van der Waals surface area contributed by atoms with Gasteiger partial charge in [0.15, 0.2) is 0 Å². The van der Waals surface area contributed by atoms with Gasteiger partial charge >= 0.3 is 0 Å². The van der Waals surface area contributed by atoms with Crippen molar-refractivity contribution in [3.8, 4) is 5.75 Å². The van der Waals surface area contributed by atoms with Crippen molar-refractivity contribution in [2.75, 3.05) is 0 Å². The summed E-state index contributed by atoms with van der Waals surface area (Å²) in [6.45, 7) is 1.90. The van der Waals surface area contributed by atoms with Crippen LogP contribution in [0.1, 0.15) is 41.3 Å². The number of phenolic OH excluding ortho intramolecular Hbond substituents is 1. The number of nitrogens with one attached hydrogen (secondary N) is 1. The Hall–Kier alpha value is -2.26. The van der Waals surface area contributed by atoms with Crippen LogP contribution in [0.5, 0.6) is 5.75 Å². The first-order valence-corrected chi connectivity index (χ1v) is 6.68. The fourth-order valence-electron chi connectivity index (χ4n) is 2.52. The SMILES string of the molecule is CC(N)c1ccc(C2NC=Cc3[c]cccc32)c(O)c1. The number of hydrogen-bond acceptors (Lipinski definition) is 3. The van der Waals surface area contributed by atoms with E-state index >= 15 is 0 Å².